The maximum absolute atomic E-state index is 12.5. The first-order valence-electron chi connectivity index (χ1n) is 30.9. The molecule has 0 heterocycles. The second kappa shape index (κ2) is 58.2. The van der Waals surface area contributed by atoms with E-state index >= 15 is 0 Å². The maximum Gasteiger partial charge on any atom is 0.305 e. The van der Waals surface area contributed by atoms with Crippen LogP contribution in [0, 0.1) is 0 Å². The average Bonchev–Trinajstić information content (AvgIpc) is 3.34. The molecular weight excluding hydrogens is 839 g/mol. The number of rotatable bonds is 58. The molecule has 68 heavy (non-hydrogen) atoms. The lowest BCUT2D eigenvalue weighted by Crippen LogP contribution is -2.45. The summed E-state index contributed by atoms with van der Waals surface area (Å²) in [6.07, 6.45) is 69.2. The van der Waals surface area contributed by atoms with Gasteiger partial charge in [-0.15, -0.1) is 0 Å². The molecule has 6 heteroatoms. The highest BCUT2D eigenvalue weighted by Crippen LogP contribution is 2.18. The molecule has 0 fully saturated rings. The van der Waals surface area contributed by atoms with Gasteiger partial charge in [-0.25, -0.2) is 0 Å². The highest BCUT2D eigenvalue weighted by atomic mass is 16.5. The van der Waals surface area contributed by atoms with Gasteiger partial charge in [0.25, 0.3) is 0 Å². The third-order valence-corrected chi connectivity index (χ3v) is 14.6. The van der Waals surface area contributed by atoms with Gasteiger partial charge in [0.2, 0.25) is 5.91 Å². The van der Waals surface area contributed by atoms with Crippen LogP contribution in [0.4, 0.5) is 0 Å². The van der Waals surface area contributed by atoms with Crippen molar-refractivity contribution in [1.29, 1.82) is 0 Å². The normalized spacial score (nSPS) is 12.6. The number of ether oxygens (including phenoxy) is 1. The van der Waals surface area contributed by atoms with Gasteiger partial charge in [0.1, 0.15) is 0 Å². The van der Waals surface area contributed by atoms with Gasteiger partial charge in [-0.2, -0.15) is 0 Å². The summed E-state index contributed by atoms with van der Waals surface area (Å²) in [5.41, 5.74) is 0. The monoisotopic (exact) mass is 960 g/mol. The molecule has 2 unspecified atom stereocenters. The van der Waals surface area contributed by atoms with Gasteiger partial charge in [-0.3, -0.25) is 9.59 Å². The summed E-state index contributed by atoms with van der Waals surface area (Å²) in [4.78, 5) is 24.6. The number of esters is 1. The molecule has 0 aliphatic carbocycles. The molecule has 0 bridgehead atoms. The Morgan fingerprint density at radius 1 is 0.397 bits per heavy atom. The van der Waals surface area contributed by atoms with Gasteiger partial charge in [0.15, 0.2) is 0 Å². The van der Waals surface area contributed by atoms with Crippen LogP contribution >= 0.6 is 0 Å². The lowest BCUT2D eigenvalue weighted by molar-refractivity contribution is -0.143. The van der Waals surface area contributed by atoms with Gasteiger partial charge in [-0.1, -0.05) is 296 Å². The van der Waals surface area contributed by atoms with Gasteiger partial charge in [0, 0.05) is 12.8 Å². The van der Waals surface area contributed by atoms with E-state index in [4.69, 9.17) is 4.74 Å². The predicted molar refractivity (Wildman–Crippen MR) is 297 cm³/mol. The van der Waals surface area contributed by atoms with Crippen LogP contribution in [0.25, 0.3) is 0 Å². The van der Waals surface area contributed by atoms with Crippen LogP contribution in [0.5, 0.6) is 0 Å². The fraction of sp³-hybridized carbons (Fsp3) is 0.935. The van der Waals surface area contributed by atoms with Crippen LogP contribution in [0.15, 0.2) is 12.2 Å². The zero-order valence-corrected chi connectivity index (χ0v) is 46.1. The fourth-order valence-corrected chi connectivity index (χ4v) is 9.81. The van der Waals surface area contributed by atoms with Gasteiger partial charge in [-0.05, 0) is 51.4 Å². The van der Waals surface area contributed by atoms with E-state index in [9.17, 15) is 19.8 Å². The first-order valence-corrected chi connectivity index (χ1v) is 30.9. The quantitative estimate of drug-likeness (QED) is 0.0321. The van der Waals surface area contributed by atoms with Crippen molar-refractivity contribution in [2.24, 2.45) is 0 Å². The van der Waals surface area contributed by atoms with Crippen molar-refractivity contribution in [3.8, 4) is 0 Å². The molecule has 1 amide bonds. The molecule has 0 aromatic carbocycles. The topological polar surface area (TPSA) is 95.9 Å². The van der Waals surface area contributed by atoms with E-state index in [0.29, 0.717) is 25.9 Å². The second-order valence-corrected chi connectivity index (χ2v) is 21.4. The zero-order valence-electron chi connectivity index (χ0n) is 46.1. The summed E-state index contributed by atoms with van der Waals surface area (Å²) in [5.74, 6) is -0.0375. The van der Waals surface area contributed by atoms with Crippen LogP contribution in [0.3, 0.4) is 0 Å². The number of carbonyl (C=O) groups excluding carboxylic acids is 2. The summed E-state index contributed by atoms with van der Waals surface area (Å²) < 4.78 is 5.49. The standard InChI is InChI=1S/C62H121NO5/c1-3-5-7-9-11-13-15-17-19-21-23-28-32-36-40-44-48-52-56-62(67)68-57-53-49-45-41-37-33-29-25-24-27-31-35-39-43-47-51-55-61(66)63-59(58-64)60(65)54-50-46-42-38-34-30-26-22-20-18-16-14-12-10-8-6-4-2/h19,21,59-60,64-65H,3-18,20,22-58H2,1-2H3,(H,63,66)/b21-19-. The van der Waals surface area contributed by atoms with Crippen molar-refractivity contribution in [2.75, 3.05) is 13.2 Å². The summed E-state index contributed by atoms with van der Waals surface area (Å²) in [7, 11) is 0. The SMILES string of the molecule is CCCCCCCCC/C=C\CCCCCCCCCC(=O)OCCCCCCCCCCCCCCCCCCC(=O)NC(CO)C(O)CCCCCCCCCCCCCCCCCCC. The summed E-state index contributed by atoms with van der Waals surface area (Å²) in [5, 5.41) is 23.3. The number of hydrogen-bond acceptors (Lipinski definition) is 5. The van der Waals surface area contributed by atoms with Crippen LogP contribution in [-0.2, 0) is 14.3 Å². The van der Waals surface area contributed by atoms with Gasteiger partial charge >= 0.3 is 5.97 Å². The number of amides is 1. The zero-order chi connectivity index (χ0) is 49.3. The largest absolute Gasteiger partial charge is 0.466 e. The van der Waals surface area contributed by atoms with Gasteiger partial charge in [0.05, 0.1) is 25.4 Å². The van der Waals surface area contributed by atoms with Gasteiger partial charge < -0.3 is 20.3 Å². The van der Waals surface area contributed by atoms with Crippen LogP contribution < -0.4 is 5.32 Å². The van der Waals surface area contributed by atoms with E-state index < -0.39 is 12.1 Å². The number of aliphatic hydroxyl groups excluding tert-OH is 2. The Morgan fingerprint density at radius 2 is 0.691 bits per heavy atom. The number of unbranched alkanes of at least 4 members (excludes halogenated alkanes) is 45. The molecule has 0 radical (unpaired) electrons. The molecule has 3 N–H and O–H groups in total. The first-order chi connectivity index (χ1) is 33.5. The van der Waals surface area contributed by atoms with Crippen LogP contribution in [0.1, 0.15) is 348 Å². The molecule has 0 rings (SSSR count). The Bertz CT molecular complexity index is 1020. The Labute approximate surface area is 425 Å². The molecule has 0 aromatic rings. The molecule has 0 aliphatic heterocycles. The number of nitrogens with one attached hydrogen (secondary N) is 1. The van der Waals surface area contributed by atoms with Crippen molar-refractivity contribution in [3.05, 3.63) is 12.2 Å². The lowest BCUT2D eigenvalue weighted by Gasteiger charge is -2.22. The lowest BCUT2D eigenvalue weighted by atomic mass is 10.0. The smallest absolute Gasteiger partial charge is 0.305 e. The van der Waals surface area contributed by atoms with E-state index in [0.717, 1.165) is 44.9 Å². The summed E-state index contributed by atoms with van der Waals surface area (Å²) >= 11 is 0. The van der Waals surface area contributed by atoms with E-state index in [2.05, 4.69) is 31.3 Å². The van der Waals surface area contributed by atoms with Crippen molar-refractivity contribution in [1.82, 2.24) is 5.32 Å². The first kappa shape index (κ1) is 66.6. The minimum Gasteiger partial charge on any atom is -0.466 e. The average molecular weight is 961 g/mol. The Hall–Kier alpha value is -1.40. The van der Waals surface area contributed by atoms with E-state index in [-0.39, 0.29) is 18.5 Å². The second-order valence-electron chi connectivity index (χ2n) is 21.4. The molecule has 0 spiro atoms. The summed E-state index contributed by atoms with van der Waals surface area (Å²) in [6, 6.07) is -0.546. The molecule has 404 valence electrons. The molecular formula is C62H121NO5. The molecule has 0 saturated heterocycles. The third-order valence-electron chi connectivity index (χ3n) is 14.6. The highest BCUT2D eigenvalue weighted by Gasteiger charge is 2.20. The number of allylic oxidation sites excluding steroid dienone is 2. The molecule has 0 aliphatic rings. The van der Waals surface area contributed by atoms with Crippen molar-refractivity contribution < 1.29 is 24.5 Å². The van der Waals surface area contributed by atoms with E-state index in [1.54, 1.807) is 0 Å². The Balaban J connectivity index is 3.40. The van der Waals surface area contributed by atoms with E-state index in [1.165, 1.54) is 270 Å². The predicted octanol–water partition coefficient (Wildman–Crippen LogP) is 19.2. The number of carbonyl (C=O) groups is 2. The Kier molecular flexibility index (Phi) is 57.0. The number of aliphatic hydroxyl groups is 2. The van der Waals surface area contributed by atoms with Crippen molar-refractivity contribution in [3.63, 3.8) is 0 Å². The molecule has 6 nitrogen and oxygen atoms in total. The van der Waals surface area contributed by atoms with Crippen molar-refractivity contribution >= 4 is 11.9 Å². The van der Waals surface area contributed by atoms with Crippen molar-refractivity contribution in [2.45, 2.75) is 360 Å². The van der Waals surface area contributed by atoms with Crippen LogP contribution in [0.2, 0.25) is 0 Å². The molecule has 2 atom stereocenters. The molecule has 0 saturated carbocycles. The summed E-state index contributed by atoms with van der Waals surface area (Å²) in [6.45, 7) is 4.96. The number of hydrogen-bond donors (Lipinski definition) is 3. The van der Waals surface area contributed by atoms with E-state index in [1.807, 2.05) is 0 Å². The minimum absolute atomic E-state index is 0.00128. The minimum atomic E-state index is -0.669. The fourth-order valence-electron chi connectivity index (χ4n) is 9.81. The molecule has 0 aromatic heterocycles. The Morgan fingerprint density at radius 3 is 1.04 bits per heavy atom. The maximum atomic E-state index is 12.5. The third kappa shape index (κ3) is 53.9. The van der Waals surface area contributed by atoms with Crippen LogP contribution in [-0.4, -0.2) is 47.4 Å². The highest BCUT2D eigenvalue weighted by molar-refractivity contribution is 5.76.